The van der Waals surface area contributed by atoms with Gasteiger partial charge in [-0.25, -0.2) is 0 Å². The van der Waals surface area contributed by atoms with Crippen LogP contribution in [0.2, 0.25) is 0 Å². The van der Waals surface area contributed by atoms with Crippen molar-refractivity contribution >= 4 is 17.6 Å². The highest BCUT2D eigenvalue weighted by Crippen LogP contribution is 2.35. The van der Waals surface area contributed by atoms with E-state index in [-0.39, 0.29) is 18.9 Å². The lowest BCUT2D eigenvalue weighted by Crippen LogP contribution is -2.27. The number of hydrogen-bond donors (Lipinski definition) is 0. The SMILES string of the molecule is CCOc1ccccc1OC(=O)C1CC(=O)N(c2ccc(OC)c(OC)c2)C1. The molecule has 0 spiro atoms. The molecule has 1 amide bonds. The molecule has 1 heterocycles. The zero-order chi connectivity index (χ0) is 20.1. The molecule has 7 heteroatoms. The molecule has 1 saturated heterocycles. The van der Waals surface area contributed by atoms with Crippen molar-refractivity contribution in [2.45, 2.75) is 13.3 Å². The normalized spacial score (nSPS) is 16.0. The molecule has 0 radical (unpaired) electrons. The summed E-state index contributed by atoms with van der Waals surface area (Å²) >= 11 is 0. The third kappa shape index (κ3) is 4.03. The summed E-state index contributed by atoms with van der Waals surface area (Å²) in [6, 6.07) is 12.2. The molecule has 0 saturated carbocycles. The van der Waals surface area contributed by atoms with E-state index in [0.29, 0.717) is 35.3 Å². The van der Waals surface area contributed by atoms with Crippen molar-refractivity contribution in [2.75, 3.05) is 32.3 Å². The lowest BCUT2D eigenvalue weighted by atomic mass is 10.1. The van der Waals surface area contributed by atoms with Crippen molar-refractivity contribution in [3.8, 4) is 23.0 Å². The molecule has 7 nitrogen and oxygen atoms in total. The summed E-state index contributed by atoms with van der Waals surface area (Å²) in [5.74, 6) is 0.780. The van der Waals surface area contributed by atoms with E-state index in [1.54, 1.807) is 54.5 Å². The Balaban J connectivity index is 1.73. The highest BCUT2D eigenvalue weighted by Gasteiger charge is 2.37. The fraction of sp³-hybridized carbons (Fsp3) is 0.333. The summed E-state index contributed by atoms with van der Waals surface area (Å²) in [6.07, 6.45) is 0.0873. The number of hydrogen-bond acceptors (Lipinski definition) is 6. The van der Waals surface area contributed by atoms with Gasteiger partial charge in [0.15, 0.2) is 23.0 Å². The second-order valence-electron chi connectivity index (χ2n) is 6.25. The van der Waals surface area contributed by atoms with E-state index >= 15 is 0 Å². The topological polar surface area (TPSA) is 74.3 Å². The van der Waals surface area contributed by atoms with Gasteiger partial charge in [-0.2, -0.15) is 0 Å². The highest BCUT2D eigenvalue weighted by atomic mass is 16.6. The molecule has 0 aliphatic carbocycles. The average Bonchev–Trinajstić information content (AvgIpc) is 3.11. The summed E-state index contributed by atoms with van der Waals surface area (Å²) in [5, 5.41) is 0. The quantitative estimate of drug-likeness (QED) is 0.539. The Kier molecular flexibility index (Phi) is 6.03. The van der Waals surface area contributed by atoms with Gasteiger partial charge in [-0.05, 0) is 31.2 Å². The first-order valence-electron chi connectivity index (χ1n) is 9.03. The van der Waals surface area contributed by atoms with Gasteiger partial charge >= 0.3 is 5.97 Å². The Labute approximate surface area is 163 Å². The number of nitrogens with zero attached hydrogens (tertiary/aromatic N) is 1. The Morgan fingerprint density at radius 3 is 2.43 bits per heavy atom. The summed E-state index contributed by atoms with van der Waals surface area (Å²) < 4.78 is 21.5. The van der Waals surface area contributed by atoms with Crippen molar-refractivity contribution in [3.05, 3.63) is 42.5 Å². The number of benzene rings is 2. The number of ether oxygens (including phenoxy) is 4. The van der Waals surface area contributed by atoms with E-state index in [4.69, 9.17) is 18.9 Å². The van der Waals surface area contributed by atoms with Crippen LogP contribution >= 0.6 is 0 Å². The van der Waals surface area contributed by atoms with Gasteiger partial charge in [0.1, 0.15) is 0 Å². The van der Waals surface area contributed by atoms with Gasteiger partial charge in [0, 0.05) is 24.7 Å². The van der Waals surface area contributed by atoms with E-state index in [1.807, 2.05) is 6.92 Å². The Bertz CT molecular complexity index is 866. The number of amides is 1. The summed E-state index contributed by atoms with van der Waals surface area (Å²) in [7, 11) is 3.08. The van der Waals surface area contributed by atoms with Crippen LogP contribution in [0.15, 0.2) is 42.5 Å². The van der Waals surface area contributed by atoms with Gasteiger partial charge in [0.05, 0.1) is 26.7 Å². The van der Waals surface area contributed by atoms with Crippen LogP contribution in [0.25, 0.3) is 0 Å². The van der Waals surface area contributed by atoms with Gasteiger partial charge in [0.2, 0.25) is 5.91 Å². The first-order valence-corrected chi connectivity index (χ1v) is 9.03. The first-order chi connectivity index (χ1) is 13.6. The molecule has 0 bridgehead atoms. The predicted octanol–water partition coefficient (Wildman–Crippen LogP) is 3.06. The van der Waals surface area contributed by atoms with Crippen LogP contribution in [-0.2, 0) is 9.59 Å². The van der Waals surface area contributed by atoms with E-state index in [2.05, 4.69) is 0 Å². The fourth-order valence-electron chi connectivity index (χ4n) is 3.11. The number of carbonyl (C=O) groups excluding carboxylic acids is 2. The van der Waals surface area contributed by atoms with Gasteiger partial charge in [-0.15, -0.1) is 0 Å². The number of esters is 1. The lowest BCUT2D eigenvalue weighted by molar-refractivity contribution is -0.139. The molecule has 0 N–H and O–H groups in total. The molecule has 1 aliphatic heterocycles. The molecule has 1 fully saturated rings. The Morgan fingerprint density at radius 2 is 1.75 bits per heavy atom. The average molecular weight is 385 g/mol. The second-order valence-corrected chi connectivity index (χ2v) is 6.25. The van der Waals surface area contributed by atoms with Crippen molar-refractivity contribution in [3.63, 3.8) is 0 Å². The lowest BCUT2D eigenvalue weighted by Gasteiger charge is -2.18. The maximum atomic E-state index is 12.6. The van der Waals surface area contributed by atoms with Gasteiger partial charge in [-0.3, -0.25) is 9.59 Å². The maximum absolute atomic E-state index is 12.6. The summed E-state index contributed by atoms with van der Waals surface area (Å²) in [6.45, 7) is 2.56. The molecule has 3 rings (SSSR count). The number of rotatable bonds is 7. The van der Waals surface area contributed by atoms with Crippen LogP contribution in [0.4, 0.5) is 5.69 Å². The van der Waals surface area contributed by atoms with Crippen LogP contribution in [0.5, 0.6) is 23.0 Å². The molecule has 2 aromatic rings. The first kappa shape index (κ1) is 19.5. The maximum Gasteiger partial charge on any atom is 0.316 e. The van der Waals surface area contributed by atoms with E-state index in [9.17, 15) is 9.59 Å². The van der Waals surface area contributed by atoms with Crippen molar-refractivity contribution < 1.29 is 28.5 Å². The highest BCUT2D eigenvalue weighted by molar-refractivity contribution is 6.00. The minimum Gasteiger partial charge on any atom is -0.493 e. The third-order valence-electron chi connectivity index (χ3n) is 4.50. The van der Waals surface area contributed by atoms with E-state index in [0.717, 1.165) is 0 Å². The molecular weight excluding hydrogens is 362 g/mol. The largest absolute Gasteiger partial charge is 0.493 e. The predicted molar refractivity (Wildman–Crippen MR) is 103 cm³/mol. The molecule has 148 valence electrons. The molecule has 1 atom stereocenters. The van der Waals surface area contributed by atoms with Crippen molar-refractivity contribution in [1.29, 1.82) is 0 Å². The Morgan fingerprint density at radius 1 is 1.04 bits per heavy atom. The molecule has 1 aliphatic rings. The molecular formula is C21H23NO6. The van der Waals surface area contributed by atoms with Gasteiger partial charge < -0.3 is 23.8 Å². The van der Waals surface area contributed by atoms with Gasteiger partial charge in [0.25, 0.3) is 0 Å². The number of methoxy groups -OCH3 is 2. The van der Waals surface area contributed by atoms with Crippen molar-refractivity contribution in [2.24, 2.45) is 5.92 Å². The fourth-order valence-corrected chi connectivity index (χ4v) is 3.11. The van der Waals surface area contributed by atoms with E-state index < -0.39 is 11.9 Å². The number of carbonyl (C=O) groups is 2. The summed E-state index contributed by atoms with van der Waals surface area (Å²) in [5.41, 5.74) is 0.646. The van der Waals surface area contributed by atoms with Crippen LogP contribution in [0, 0.1) is 5.92 Å². The van der Waals surface area contributed by atoms with Crippen LogP contribution < -0.4 is 23.8 Å². The zero-order valence-electron chi connectivity index (χ0n) is 16.1. The molecule has 0 aromatic heterocycles. The summed E-state index contributed by atoms with van der Waals surface area (Å²) in [4.78, 5) is 26.7. The second kappa shape index (κ2) is 8.65. The zero-order valence-corrected chi connectivity index (χ0v) is 16.1. The number of anilines is 1. The smallest absolute Gasteiger partial charge is 0.316 e. The molecule has 28 heavy (non-hydrogen) atoms. The number of para-hydroxylation sites is 2. The van der Waals surface area contributed by atoms with Crippen molar-refractivity contribution in [1.82, 2.24) is 0 Å². The molecule has 2 aromatic carbocycles. The minimum absolute atomic E-state index is 0.0873. The van der Waals surface area contributed by atoms with Crippen LogP contribution in [-0.4, -0.2) is 39.2 Å². The Hall–Kier alpha value is -3.22. The third-order valence-corrected chi connectivity index (χ3v) is 4.50. The standard InChI is InChI=1S/C21H23NO6/c1-4-27-17-7-5-6-8-18(17)28-21(24)14-11-20(23)22(13-14)15-9-10-16(25-2)19(12-15)26-3/h5-10,12,14H,4,11,13H2,1-3H3. The molecule has 1 unspecified atom stereocenters. The van der Waals surface area contributed by atoms with Crippen LogP contribution in [0.1, 0.15) is 13.3 Å². The monoisotopic (exact) mass is 385 g/mol. The minimum atomic E-state index is -0.560. The van der Waals surface area contributed by atoms with Crippen LogP contribution in [0.3, 0.4) is 0 Å². The van der Waals surface area contributed by atoms with E-state index in [1.165, 1.54) is 7.11 Å². The van der Waals surface area contributed by atoms with Gasteiger partial charge in [-0.1, -0.05) is 12.1 Å².